The van der Waals surface area contributed by atoms with E-state index in [1.807, 2.05) is 25.1 Å². The van der Waals surface area contributed by atoms with Gasteiger partial charge in [0.1, 0.15) is 5.75 Å². The van der Waals surface area contributed by atoms with Gasteiger partial charge in [-0.15, -0.1) is 0 Å². The topological polar surface area (TPSA) is 52.6 Å². The molecular weight excluding hydrogens is 316 g/mol. The van der Waals surface area contributed by atoms with Crippen molar-refractivity contribution in [3.63, 3.8) is 0 Å². The number of benzene rings is 2. The molecule has 2 rings (SSSR count). The molecule has 0 aliphatic carbocycles. The number of hydrogen-bond acceptors (Lipinski definition) is 4. The Hall–Kier alpha value is -2.62. The summed E-state index contributed by atoms with van der Waals surface area (Å²) in [6, 6.07) is 14.0. The van der Waals surface area contributed by atoms with Crippen molar-refractivity contribution in [3.8, 4) is 5.75 Å². The molecule has 0 spiro atoms. The van der Waals surface area contributed by atoms with Gasteiger partial charge in [-0.25, -0.2) is 9.59 Å². The molecule has 25 heavy (non-hydrogen) atoms. The maximum absolute atomic E-state index is 12.6. The monoisotopic (exact) mass is 340 g/mol. The molecule has 0 fully saturated rings. The van der Waals surface area contributed by atoms with Gasteiger partial charge in [0.2, 0.25) is 0 Å². The Kier molecular flexibility index (Phi) is 7.20. The van der Waals surface area contributed by atoms with E-state index in [-0.39, 0.29) is 11.1 Å². The second-order valence-electron chi connectivity index (χ2n) is 5.78. The van der Waals surface area contributed by atoms with Crippen molar-refractivity contribution in [2.45, 2.75) is 39.5 Å². The highest BCUT2D eigenvalue weighted by Crippen LogP contribution is 2.22. The van der Waals surface area contributed by atoms with Crippen LogP contribution < -0.4 is 4.74 Å². The minimum Gasteiger partial charge on any atom is -0.462 e. The molecule has 0 bridgehead atoms. The van der Waals surface area contributed by atoms with Gasteiger partial charge in [-0.2, -0.15) is 0 Å². The van der Waals surface area contributed by atoms with Crippen LogP contribution >= 0.6 is 0 Å². The van der Waals surface area contributed by atoms with Gasteiger partial charge in [0.25, 0.3) is 0 Å². The van der Waals surface area contributed by atoms with Gasteiger partial charge in [0.15, 0.2) is 0 Å². The Balaban J connectivity index is 2.19. The molecule has 2 aromatic carbocycles. The average Bonchev–Trinajstić information content (AvgIpc) is 2.63. The summed E-state index contributed by atoms with van der Waals surface area (Å²) in [4.78, 5) is 24.8. The van der Waals surface area contributed by atoms with Gasteiger partial charge in [0, 0.05) is 0 Å². The summed E-state index contributed by atoms with van der Waals surface area (Å²) in [6.45, 7) is 4.44. The van der Waals surface area contributed by atoms with E-state index >= 15 is 0 Å². The summed E-state index contributed by atoms with van der Waals surface area (Å²) in [5, 5.41) is 0. The molecule has 0 aromatic heterocycles. The van der Waals surface area contributed by atoms with Crippen LogP contribution in [0.2, 0.25) is 0 Å². The predicted octanol–water partition coefficient (Wildman–Crippen LogP) is 4.82. The number of carbonyl (C=O) groups is 2. The number of ether oxygens (including phenoxy) is 2. The summed E-state index contributed by atoms with van der Waals surface area (Å²) in [5.74, 6) is -0.516. The largest absolute Gasteiger partial charge is 0.462 e. The Bertz CT molecular complexity index is 721. The fourth-order valence-electron chi connectivity index (χ4n) is 2.46. The van der Waals surface area contributed by atoms with Crippen molar-refractivity contribution < 1.29 is 19.1 Å². The molecule has 132 valence electrons. The zero-order valence-corrected chi connectivity index (χ0v) is 14.8. The standard InChI is InChI=1S/C21H24O4/c1-3-5-15-24-20(22)17-12-7-8-13-18(17)21(23)25-19-14-9-6-11-16(19)10-4-2/h6-9,11-14H,3-5,10,15H2,1-2H3. The smallest absolute Gasteiger partial charge is 0.344 e. The second kappa shape index (κ2) is 9.62. The first kappa shape index (κ1) is 18.7. The van der Waals surface area contributed by atoms with Gasteiger partial charge < -0.3 is 9.47 Å². The van der Waals surface area contributed by atoms with Crippen LogP contribution in [-0.4, -0.2) is 18.5 Å². The lowest BCUT2D eigenvalue weighted by Gasteiger charge is -2.11. The molecule has 0 unspecified atom stereocenters. The van der Waals surface area contributed by atoms with Gasteiger partial charge in [-0.1, -0.05) is 57.0 Å². The van der Waals surface area contributed by atoms with Crippen LogP contribution in [0.4, 0.5) is 0 Å². The van der Waals surface area contributed by atoms with Crippen LogP contribution in [-0.2, 0) is 11.2 Å². The summed E-state index contributed by atoms with van der Waals surface area (Å²) in [5.41, 5.74) is 1.42. The van der Waals surface area contributed by atoms with Crippen LogP contribution in [0.5, 0.6) is 5.75 Å². The van der Waals surface area contributed by atoms with Gasteiger partial charge >= 0.3 is 11.9 Å². The number of aryl methyl sites for hydroxylation is 1. The third-order valence-corrected chi connectivity index (χ3v) is 3.79. The molecule has 0 saturated heterocycles. The molecule has 0 aliphatic rings. The number of carbonyl (C=O) groups excluding carboxylic acids is 2. The van der Waals surface area contributed by atoms with Gasteiger partial charge in [-0.05, 0) is 36.6 Å². The molecule has 0 amide bonds. The third-order valence-electron chi connectivity index (χ3n) is 3.79. The SMILES string of the molecule is CCCCOC(=O)c1ccccc1C(=O)Oc1ccccc1CCC. The fraction of sp³-hybridized carbons (Fsp3) is 0.333. The van der Waals surface area contributed by atoms with E-state index in [0.29, 0.717) is 12.4 Å². The second-order valence-corrected chi connectivity index (χ2v) is 5.78. The molecular formula is C21H24O4. The van der Waals surface area contributed by atoms with Crippen molar-refractivity contribution in [3.05, 3.63) is 65.2 Å². The molecule has 0 aliphatic heterocycles. The summed E-state index contributed by atoms with van der Waals surface area (Å²) in [6.07, 6.45) is 3.51. The third kappa shape index (κ3) is 5.18. The summed E-state index contributed by atoms with van der Waals surface area (Å²) >= 11 is 0. The van der Waals surface area contributed by atoms with E-state index in [1.165, 1.54) is 0 Å². The van der Waals surface area contributed by atoms with Crippen LogP contribution in [0.1, 0.15) is 59.4 Å². The molecule has 0 atom stereocenters. The Labute approximate surface area is 148 Å². The van der Waals surface area contributed by atoms with Crippen LogP contribution in [0.25, 0.3) is 0 Å². The fourth-order valence-corrected chi connectivity index (χ4v) is 2.46. The molecule has 4 nitrogen and oxygen atoms in total. The lowest BCUT2D eigenvalue weighted by molar-refractivity contribution is 0.0491. The zero-order chi connectivity index (χ0) is 18.1. The Morgan fingerprint density at radius 1 is 0.840 bits per heavy atom. The minimum atomic E-state index is -0.549. The number of rotatable bonds is 8. The Morgan fingerprint density at radius 3 is 2.16 bits per heavy atom. The lowest BCUT2D eigenvalue weighted by Crippen LogP contribution is -2.16. The Morgan fingerprint density at radius 2 is 1.48 bits per heavy atom. The quantitative estimate of drug-likeness (QED) is 0.393. The van der Waals surface area contributed by atoms with E-state index < -0.39 is 11.9 Å². The highest BCUT2D eigenvalue weighted by molar-refractivity contribution is 6.03. The molecule has 0 N–H and O–H groups in total. The zero-order valence-electron chi connectivity index (χ0n) is 14.8. The minimum absolute atomic E-state index is 0.218. The van der Waals surface area contributed by atoms with Gasteiger partial charge in [0.05, 0.1) is 17.7 Å². The van der Waals surface area contributed by atoms with E-state index in [2.05, 4.69) is 6.92 Å². The van der Waals surface area contributed by atoms with Crippen molar-refractivity contribution >= 4 is 11.9 Å². The molecule has 0 radical (unpaired) electrons. The van der Waals surface area contributed by atoms with Crippen LogP contribution in [0.15, 0.2) is 48.5 Å². The maximum atomic E-state index is 12.6. The first-order valence-electron chi connectivity index (χ1n) is 8.73. The van der Waals surface area contributed by atoms with E-state index in [1.54, 1.807) is 30.3 Å². The van der Waals surface area contributed by atoms with Crippen molar-refractivity contribution in [1.82, 2.24) is 0 Å². The highest BCUT2D eigenvalue weighted by Gasteiger charge is 2.20. The molecule has 2 aromatic rings. The van der Waals surface area contributed by atoms with Crippen molar-refractivity contribution in [1.29, 1.82) is 0 Å². The van der Waals surface area contributed by atoms with E-state index in [9.17, 15) is 9.59 Å². The molecule has 0 heterocycles. The first-order valence-corrected chi connectivity index (χ1v) is 8.73. The number of unbranched alkanes of at least 4 members (excludes halogenated alkanes) is 1. The normalized spacial score (nSPS) is 10.3. The number of para-hydroxylation sites is 1. The van der Waals surface area contributed by atoms with Crippen LogP contribution in [0.3, 0.4) is 0 Å². The van der Waals surface area contributed by atoms with Crippen molar-refractivity contribution in [2.24, 2.45) is 0 Å². The predicted molar refractivity (Wildman–Crippen MR) is 97.0 cm³/mol. The summed E-state index contributed by atoms with van der Waals surface area (Å²) in [7, 11) is 0. The number of esters is 2. The first-order chi connectivity index (χ1) is 12.2. The molecule has 0 saturated carbocycles. The van der Waals surface area contributed by atoms with E-state index in [4.69, 9.17) is 9.47 Å². The van der Waals surface area contributed by atoms with Crippen molar-refractivity contribution in [2.75, 3.05) is 6.61 Å². The number of hydrogen-bond donors (Lipinski definition) is 0. The van der Waals surface area contributed by atoms with E-state index in [0.717, 1.165) is 31.2 Å². The maximum Gasteiger partial charge on any atom is 0.344 e. The van der Waals surface area contributed by atoms with Crippen LogP contribution in [0, 0.1) is 0 Å². The highest BCUT2D eigenvalue weighted by atomic mass is 16.5. The molecule has 4 heteroatoms. The van der Waals surface area contributed by atoms with Gasteiger partial charge in [-0.3, -0.25) is 0 Å². The lowest BCUT2D eigenvalue weighted by atomic mass is 10.1. The average molecular weight is 340 g/mol. The summed E-state index contributed by atoms with van der Waals surface area (Å²) < 4.78 is 10.8.